The van der Waals surface area contributed by atoms with Gasteiger partial charge in [-0.1, -0.05) is 103 Å². The number of benzene rings is 6. The van der Waals surface area contributed by atoms with E-state index in [-0.39, 0.29) is 6.29 Å². The highest BCUT2D eigenvalue weighted by molar-refractivity contribution is 6.31. The smallest absolute Gasteiger partial charge is 0.201 e. The molecule has 4 heteroatoms. The lowest BCUT2D eigenvalue weighted by atomic mass is 9.99. The number of para-hydroxylation sites is 3. The van der Waals surface area contributed by atoms with Crippen LogP contribution >= 0.6 is 0 Å². The highest BCUT2D eigenvalue weighted by Crippen LogP contribution is 2.44. The molecule has 0 saturated carbocycles. The largest absolute Gasteiger partial charge is 0.346 e. The number of aliphatic imine (C=N–C) groups is 1. The Hall–Kier alpha value is -5.61. The molecule has 0 fully saturated rings. The molecule has 0 bridgehead atoms. The van der Waals surface area contributed by atoms with Gasteiger partial charge in [0.15, 0.2) is 0 Å². The normalized spacial score (nSPS) is 15.2. The molecule has 196 valence electrons. The lowest BCUT2D eigenvalue weighted by Crippen LogP contribution is -2.24. The van der Waals surface area contributed by atoms with Crippen molar-refractivity contribution >= 4 is 71.3 Å². The maximum absolute atomic E-state index is 5.42. The van der Waals surface area contributed by atoms with Gasteiger partial charge in [0.25, 0.3) is 0 Å². The van der Waals surface area contributed by atoms with E-state index in [1.54, 1.807) is 0 Å². The van der Waals surface area contributed by atoms with Crippen LogP contribution in [-0.2, 0) is 0 Å². The molecule has 4 heterocycles. The fourth-order valence-corrected chi connectivity index (χ4v) is 7.41. The molecule has 0 aliphatic carbocycles. The molecule has 10 rings (SSSR count). The molecule has 9 aromatic rings. The molecule has 1 atom stereocenters. The summed E-state index contributed by atoms with van der Waals surface area (Å²) in [6.45, 7) is 0. The summed E-state index contributed by atoms with van der Waals surface area (Å²) in [6.07, 6.45) is -0.309. The van der Waals surface area contributed by atoms with E-state index >= 15 is 0 Å². The van der Waals surface area contributed by atoms with Gasteiger partial charge in [-0.15, -0.1) is 0 Å². The minimum Gasteiger partial charge on any atom is -0.346 e. The Morgan fingerprint density at radius 1 is 0.500 bits per heavy atom. The molecule has 4 nitrogen and oxygen atoms in total. The predicted molar refractivity (Wildman–Crippen MR) is 175 cm³/mol. The molecule has 1 aliphatic rings. The van der Waals surface area contributed by atoms with Gasteiger partial charge in [0, 0.05) is 43.7 Å². The van der Waals surface area contributed by atoms with Crippen molar-refractivity contribution in [2.24, 2.45) is 4.99 Å². The third kappa shape index (κ3) is 2.74. The van der Waals surface area contributed by atoms with Crippen LogP contribution in [0.4, 0.5) is 5.69 Å². The van der Waals surface area contributed by atoms with E-state index in [1.165, 1.54) is 59.9 Å². The maximum atomic E-state index is 5.42. The summed E-state index contributed by atoms with van der Waals surface area (Å²) in [5.41, 5.74) is 10.4. The minimum absolute atomic E-state index is 0.309. The van der Waals surface area contributed by atoms with E-state index in [9.17, 15) is 0 Å². The molecule has 0 radical (unpaired) electrons. The van der Waals surface area contributed by atoms with E-state index in [0.29, 0.717) is 0 Å². The Morgan fingerprint density at radius 2 is 1.12 bits per heavy atom. The topological polar surface area (TPSA) is 33.7 Å². The Bertz CT molecular complexity index is 2550. The molecule has 1 unspecified atom stereocenters. The number of nitrogens with zero attached hydrogens (tertiary/aromatic N) is 3. The first kappa shape index (κ1) is 22.1. The average Bonchev–Trinajstić information content (AvgIpc) is 3.53. The van der Waals surface area contributed by atoms with Crippen molar-refractivity contribution in [2.75, 3.05) is 5.32 Å². The third-order valence-electron chi connectivity index (χ3n) is 9.07. The first-order chi connectivity index (χ1) is 20.9. The van der Waals surface area contributed by atoms with Crippen molar-refractivity contribution in [3.8, 4) is 0 Å². The van der Waals surface area contributed by atoms with Gasteiger partial charge in [0.2, 0.25) is 6.29 Å². The molecular weight excluding hydrogens is 512 g/mol. The van der Waals surface area contributed by atoms with E-state index in [2.05, 4.69) is 148 Å². The highest BCUT2D eigenvalue weighted by atomic mass is 15.3. The number of fused-ring (bicyclic) bond motifs is 6. The summed E-state index contributed by atoms with van der Waals surface area (Å²) in [4.78, 5) is 5.42. The van der Waals surface area contributed by atoms with Gasteiger partial charge >= 0.3 is 0 Å². The Morgan fingerprint density at radius 3 is 2.02 bits per heavy atom. The van der Waals surface area contributed by atoms with Gasteiger partial charge < -0.3 is 14.3 Å². The molecule has 6 aromatic carbocycles. The van der Waals surface area contributed by atoms with E-state index in [1.807, 2.05) is 0 Å². The number of rotatable bonds is 2. The number of hydrogen-bond donors (Lipinski definition) is 1. The fourth-order valence-electron chi connectivity index (χ4n) is 7.41. The van der Waals surface area contributed by atoms with Crippen molar-refractivity contribution in [3.63, 3.8) is 0 Å². The van der Waals surface area contributed by atoms with E-state index < -0.39 is 0 Å². The van der Waals surface area contributed by atoms with Gasteiger partial charge in [-0.2, -0.15) is 0 Å². The molecule has 0 spiro atoms. The van der Waals surface area contributed by atoms with Crippen LogP contribution in [0.25, 0.3) is 59.9 Å². The van der Waals surface area contributed by atoms with Gasteiger partial charge in [0.05, 0.1) is 33.3 Å². The fraction of sp³-hybridized carbons (Fsp3) is 0.0263. The van der Waals surface area contributed by atoms with Crippen LogP contribution in [-0.4, -0.2) is 14.7 Å². The Balaban J connectivity index is 1.39. The molecular formula is C38H24N4. The van der Waals surface area contributed by atoms with Crippen molar-refractivity contribution in [1.29, 1.82) is 0 Å². The number of aromatic nitrogens is 2. The first-order valence-corrected chi connectivity index (χ1v) is 14.4. The summed E-state index contributed by atoms with van der Waals surface area (Å²) >= 11 is 0. The zero-order valence-electron chi connectivity index (χ0n) is 22.6. The molecule has 0 amide bonds. The molecule has 0 saturated heterocycles. The second-order valence-electron chi connectivity index (χ2n) is 11.2. The van der Waals surface area contributed by atoms with Gasteiger partial charge in [0.1, 0.15) is 0 Å². The van der Waals surface area contributed by atoms with Crippen LogP contribution in [0.3, 0.4) is 0 Å². The summed E-state index contributed by atoms with van der Waals surface area (Å²) in [7, 11) is 0. The van der Waals surface area contributed by atoms with Gasteiger partial charge in [-0.3, -0.25) is 0 Å². The number of anilines is 1. The second-order valence-corrected chi connectivity index (χ2v) is 11.2. The average molecular weight is 537 g/mol. The van der Waals surface area contributed by atoms with Crippen molar-refractivity contribution in [1.82, 2.24) is 8.97 Å². The van der Waals surface area contributed by atoms with E-state index in [0.717, 1.165) is 22.5 Å². The first-order valence-electron chi connectivity index (χ1n) is 14.4. The summed E-state index contributed by atoms with van der Waals surface area (Å²) in [6, 6.07) is 48.0. The predicted octanol–water partition coefficient (Wildman–Crippen LogP) is 9.36. The SMILES string of the molecule is c1ccc(C2=NC(n3c4cccc5c6cccc7c8ccccc8n(c8cccc3c8c54)c67)Nc3ccccc32)cc1. The Kier molecular flexibility index (Phi) is 4.21. The van der Waals surface area contributed by atoms with Gasteiger partial charge in [-0.05, 0) is 35.7 Å². The second kappa shape index (κ2) is 7.99. The zero-order valence-corrected chi connectivity index (χ0v) is 22.6. The third-order valence-corrected chi connectivity index (χ3v) is 9.07. The van der Waals surface area contributed by atoms with Crippen molar-refractivity contribution in [2.45, 2.75) is 6.29 Å². The van der Waals surface area contributed by atoms with Crippen LogP contribution in [0.1, 0.15) is 17.4 Å². The van der Waals surface area contributed by atoms with Crippen LogP contribution in [0, 0.1) is 0 Å². The Labute approximate surface area is 241 Å². The quantitative estimate of drug-likeness (QED) is 0.235. The van der Waals surface area contributed by atoms with Crippen molar-refractivity contribution in [3.05, 3.63) is 145 Å². The lowest BCUT2D eigenvalue weighted by molar-refractivity contribution is 0.625. The van der Waals surface area contributed by atoms with Crippen LogP contribution in [0.15, 0.2) is 138 Å². The highest BCUT2D eigenvalue weighted by Gasteiger charge is 2.27. The summed E-state index contributed by atoms with van der Waals surface area (Å²) in [5.74, 6) is 0. The molecule has 1 aliphatic heterocycles. The molecule has 42 heavy (non-hydrogen) atoms. The standard InChI is InChI=1S/C38H24N4/c1-2-11-23(12-3-1)36-28-14-4-6-18-29(28)39-38(40-36)42-31-20-9-15-25-27-17-8-16-26-24-13-5-7-19-30(24)41(37(26)27)32-21-10-22-33(42)35(32)34(25)31/h1-22,38-39H. The monoisotopic (exact) mass is 536 g/mol. The van der Waals surface area contributed by atoms with Crippen molar-refractivity contribution < 1.29 is 0 Å². The van der Waals surface area contributed by atoms with Crippen LogP contribution in [0.5, 0.6) is 0 Å². The summed E-state index contributed by atoms with van der Waals surface area (Å²) < 4.78 is 4.88. The van der Waals surface area contributed by atoms with Crippen LogP contribution in [0.2, 0.25) is 0 Å². The lowest BCUT2D eigenvalue weighted by Gasteiger charge is -2.28. The van der Waals surface area contributed by atoms with Crippen LogP contribution < -0.4 is 5.32 Å². The van der Waals surface area contributed by atoms with Gasteiger partial charge in [-0.25, -0.2) is 4.99 Å². The van der Waals surface area contributed by atoms with E-state index in [4.69, 9.17) is 4.99 Å². The maximum Gasteiger partial charge on any atom is 0.201 e. The number of nitrogens with one attached hydrogen (secondary N) is 1. The minimum atomic E-state index is -0.309. The number of hydrogen-bond acceptors (Lipinski definition) is 2. The molecule has 3 aromatic heterocycles. The molecule has 1 N–H and O–H groups in total. The summed E-state index contributed by atoms with van der Waals surface area (Å²) in [5, 5.41) is 11.4. The zero-order chi connectivity index (χ0) is 27.4.